The van der Waals surface area contributed by atoms with Gasteiger partial charge >= 0.3 is 0 Å². The average molecular weight is 213 g/mol. The quantitative estimate of drug-likeness (QED) is 0.722. The minimum atomic E-state index is -0.453. The Labute approximate surface area is 84.3 Å². The van der Waals surface area contributed by atoms with E-state index in [2.05, 4.69) is 15.4 Å². The fourth-order valence-corrected chi connectivity index (χ4v) is 1.22. The SMILES string of the molecule is Cn1nnc(-c2ccc(Cl)cc2F)n1. The van der Waals surface area contributed by atoms with E-state index in [9.17, 15) is 4.39 Å². The Bertz CT molecular complexity index is 468. The summed E-state index contributed by atoms with van der Waals surface area (Å²) in [4.78, 5) is 1.27. The lowest BCUT2D eigenvalue weighted by molar-refractivity contribution is 0.625. The van der Waals surface area contributed by atoms with Crippen molar-refractivity contribution in [2.24, 2.45) is 7.05 Å². The molecule has 0 amide bonds. The number of halogens is 2. The van der Waals surface area contributed by atoms with Crippen molar-refractivity contribution in [3.63, 3.8) is 0 Å². The van der Waals surface area contributed by atoms with Gasteiger partial charge in [0.25, 0.3) is 0 Å². The molecule has 4 nitrogen and oxygen atoms in total. The van der Waals surface area contributed by atoms with Gasteiger partial charge in [0.05, 0.1) is 12.6 Å². The molecule has 1 aromatic heterocycles. The number of hydrogen-bond donors (Lipinski definition) is 0. The lowest BCUT2D eigenvalue weighted by Gasteiger charge is -1.96. The van der Waals surface area contributed by atoms with Crippen LogP contribution < -0.4 is 0 Å². The van der Waals surface area contributed by atoms with Crippen LogP contribution in [-0.2, 0) is 7.05 Å². The number of benzene rings is 1. The van der Waals surface area contributed by atoms with E-state index in [4.69, 9.17) is 11.6 Å². The summed E-state index contributed by atoms with van der Waals surface area (Å²) in [7, 11) is 1.62. The predicted octanol–water partition coefficient (Wildman–Crippen LogP) is 1.67. The Balaban J connectivity index is 2.52. The third-order valence-corrected chi connectivity index (χ3v) is 1.92. The zero-order valence-corrected chi connectivity index (χ0v) is 8.03. The van der Waals surface area contributed by atoms with Gasteiger partial charge < -0.3 is 0 Å². The van der Waals surface area contributed by atoms with Crippen molar-refractivity contribution in [3.05, 3.63) is 29.0 Å². The number of hydrogen-bond acceptors (Lipinski definition) is 3. The van der Waals surface area contributed by atoms with E-state index >= 15 is 0 Å². The van der Waals surface area contributed by atoms with Gasteiger partial charge in [0, 0.05) is 5.02 Å². The monoisotopic (exact) mass is 212 g/mol. The summed E-state index contributed by atoms with van der Waals surface area (Å²) in [6.07, 6.45) is 0. The van der Waals surface area contributed by atoms with Gasteiger partial charge in [-0.15, -0.1) is 10.2 Å². The summed E-state index contributed by atoms with van der Waals surface area (Å²) in [5.41, 5.74) is 0.294. The van der Waals surface area contributed by atoms with Crippen LogP contribution in [0.1, 0.15) is 0 Å². The van der Waals surface area contributed by atoms with Crippen molar-refractivity contribution in [3.8, 4) is 11.4 Å². The first kappa shape index (κ1) is 9.08. The van der Waals surface area contributed by atoms with E-state index in [0.29, 0.717) is 10.6 Å². The third-order valence-electron chi connectivity index (χ3n) is 1.68. The van der Waals surface area contributed by atoms with E-state index in [-0.39, 0.29) is 5.82 Å². The van der Waals surface area contributed by atoms with Crippen LogP contribution in [0.3, 0.4) is 0 Å². The van der Waals surface area contributed by atoms with Crippen LogP contribution in [0.4, 0.5) is 4.39 Å². The van der Waals surface area contributed by atoms with Gasteiger partial charge in [-0.1, -0.05) is 11.6 Å². The lowest BCUT2D eigenvalue weighted by Crippen LogP contribution is -1.92. The summed E-state index contributed by atoms with van der Waals surface area (Å²) in [5.74, 6) is -0.202. The van der Waals surface area contributed by atoms with Crippen molar-refractivity contribution in [1.29, 1.82) is 0 Å². The summed E-state index contributed by atoms with van der Waals surface area (Å²) in [6, 6.07) is 4.32. The molecule has 0 N–H and O–H groups in total. The van der Waals surface area contributed by atoms with E-state index in [1.165, 1.54) is 16.9 Å². The van der Waals surface area contributed by atoms with Crippen LogP contribution in [0.25, 0.3) is 11.4 Å². The second-order valence-corrected chi connectivity index (χ2v) is 3.16. The molecule has 2 aromatic rings. The highest BCUT2D eigenvalue weighted by molar-refractivity contribution is 6.30. The Morgan fingerprint density at radius 2 is 2.21 bits per heavy atom. The second-order valence-electron chi connectivity index (χ2n) is 2.73. The van der Waals surface area contributed by atoms with Gasteiger partial charge in [0.1, 0.15) is 5.82 Å². The molecule has 0 bridgehead atoms. The smallest absolute Gasteiger partial charge is 0.206 e. The Morgan fingerprint density at radius 3 is 2.79 bits per heavy atom. The van der Waals surface area contributed by atoms with Crippen molar-refractivity contribution in [2.45, 2.75) is 0 Å². The van der Waals surface area contributed by atoms with Gasteiger partial charge in [0.15, 0.2) is 0 Å². The van der Waals surface area contributed by atoms with Crippen molar-refractivity contribution in [1.82, 2.24) is 20.2 Å². The molecule has 0 atom stereocenters. The molecule has 0 saturated carbocycles. The minimum absolute atomic E-state index is 0.252. The third kappa shape index (κ3) is 1.58. The molecule has 0 aliphatic rings. The van der Waals surface area contributed by atoms with E-state index in [0.717, 1.165) is 0 Å². The van der Waals surface area contributed by atoms with Gasteiger partial charge in [-0.25, -0.2) is 4.39 Å². The van der Waals surface area contributed by atoms with Crippen LogP contribution in [0.2, 0.25) is 5.02 Å². The van der Waals surface area contributed by atoms with Gasteiger partial charge in [0.2, 0.25) is 5.82 Å². The molecule has 0 aliphatic heterocycles. The maximum Gasteiger partial charge on any atom is 0.207 e. The number of aromatic nitrogens is 4. The van der Waals surface area contributed by atoms with Crippen LogP contribution in [0.5, 0.6) is 0 Å². The van der Waals surface area contributed by atoms with Crippen LogP contribution in [0, 0.1) is 5.82 Å². The van der Waals surface area contributed by atoms with E-state index < -0.39 is 5.82 Å². The fourth-order valence-electron chi connectivity index (χ4n) is 1.06. The standard InChI is InChI=1S/C8H6ClFN4/c1-14-12-8(11-13-14)6-3-2-5(9)4-7(6)10/h2-4H,1H3. The predicted molar refractivity (Wildman–Crippen MR) is 49.2 cm³/mol. The van der Waals surface area contributed by atoms with Crippen molar-refractivity contribution >= 4 is 11.6 Å². The summed E-state index contributed by atoms with van der Waals surface area (Å²) < 4.78 is 13.3. The van der Waals surface area contributed by atoms with Gasteiger partial charge in [-0.2, -0.15) is 4.80 Å². The molecule has 6 heteroatoms. The minimum Gasteiger partial charge on any atom is -0.206 e. The number of rotatable bonds is 1. The molecule has 14 heavy (non-hydrogen) atoms. The Morgan fingerprint density at radius 1 is 1.43 bits per heavy atom. The molecular weight excluding hydrogens is 207 g/mol. The molecule has 1 aromatic carbocycles. The zero-order chi connectivity index (χ0) is 10.1. The molecule has 0 spiro atoms. The normalized spacial score (nSPS) is 10.5. The Hall–Kier alpha value is -1.49. The highest BCUT2D eigenvalue weighted by Crippen LogP contribution is 2.21. The summed E-state index contributed by atoms with van der Waals surface area (Å²) in [6.45, 7) is 0. The van der Waals surface area contributed by atoms with Crippen LogP contribution in [-0.4, -0.2) is 20.2 Å². The van der Waals surface area contributed by atoms with Crippen molar-refractivity contribution < 1.29 is 4.39 Å². The average Bonchev–Trinajstić information content (AvgIpc) is 2.51. The molecule has 72 valence electrons. The molecular formula is C8H6ClFN4. The number of tetrazole rings is 1. The number of nitrogens with zero attached hydrogens (tertiary/aromatic N) is 4. The lowest BCUT2D eigenvalue weighted by atomic mass is 10.2. The molecule has 1 heterocycles. The topological polar surface area (TPSA) is 43.6 Å². The highest BCUT2D eigenvalue weighted by Gasteiger charge is 2.10. The molecule has 0 saturated heterocycles. The van der Waals surface area contributed by atoms with E-state index in [1.807, 2.05) is 0 Å². The second kappa shape index (κ2) is 3.34. The van der Waals surface area contributed by atoms with Crippen LogP contribution in [0.15, 0.2) is 18.2 Å². The van der Waals surface area contributed by atoms with E-state index in [1.54, 1.807) is 13.1 Å². The maximum atomic E-state index is 13.3. The van der Waals surface area contributed by atoms with Crippen LogP contribution >= 0.6 is 11.6 Å². The number of aryl methyl sites for hydroxylation is 1. The molecule has 0 aliphatic carbocycles. The van der Waals surface area contributed by atoms with Gasteiger partial charge in [-0.3, -0.25) is 0 Å². The first-order valence-electron chi connectivity index (χ1n) is 3.86. The van der Waals surface area contributed by atoms with Crippen molar-refractivity contribution in [2.75, 3.05) is 0 Å². The molecule has 2 rings (SSSR count). The molecule has 0 fully saturated rings. The summed E-state index contributed by atoms with van der Waals surface area (Å²) in [5, 5.41) is 11.5. The molecule has 0 radical (unpaired) electrons. The molecule has 0 unspecified atom stereocenters. The maximum absolute atomic E-state index is 13.3. The largest absolute Gasteiger partial charge is 0.207 e. The summed E-state index contributed by atoms with van der Waals surface area (Å²) >= 11 is 5.61. The first-order chi connectivity index (χ1) is 6.66. The highest BCUT2D eigenvalue weighted by atomic mass is 35.5. The Kier molecular flexibility index (Phi) is 2.17. The van der Waals surface area contributed by atoms with Gasteiger partial charge in [-0.05, 0) is 23.4 Å². The first-order valence-corrected chi connectivity index (χ1v) is 4.24. The zero-order valence-electron chi connectivity index (χ0n) is 7.28. The fraction of sp³-hybridized carbons (Fsp3) is 0.125.